The molecule has 0 bridgehead atoms. The highest BCUT2D eigenvalue weighted by Crippen LogP contribution is 2.20. The number of hydrogen-bond acceptors (Lipinski definition) is 5. The zero-order chi connectivity index (χ0) is 19.6. The summed E-state index contributed by atoms with van der Waals surface area (Å²) in [5.74, 6) is 0.957. The van der Waals surface area contributed by atoms with E-state index >= 15 is 0 Å². The lowest BCUT2D eigenvalue weighted by molar-refractivity contribution is 0.0171. The number of aliphatic imine (C=N–C) groups is 1. The van der Waals surface area contributed by atoms with Crippen LogP contribution >= 0.6 is 0 Å². The second-order valence-electron chi connectivity index (χ2n) is 7.21. The Balaban J connectivity index is 1.38. The maximum absolute atomic E-state index is 13.9. The number of nitrogens with one attached hydrogen (secondary N) is 2. The second-order valence-corrected chi connectivity index (χ2v) is 7.21. The number of ether oxygens (including phenoxy) is 2. The van der Waals surface area contributed by atoms with Gasteiger partial charge < -0.3 is 25.0 Å². The Kier molecular flexibility index (Phi) is 8.29. The van der Waals surface area contributed by atoms with Crippen LogP contribution in [0.3, 0.4) is 0 Å². The standard InChI is InChI=1S/C20H32FN5O2/c1-2-22-20(24-10-5-12-27-15-17-6-4-13-28-17)25-16-8-11-26(14-16)19-18(21)7-3-9-23-19/h3,7,9,16-17H,2,4-6,8,10-15H2,1H3,(H2,22,24,25). The van der Waals surface area contributed by atoms with Crippen molar-refractivity contribution >= 4 is 11.8 Å². The lowest BCUT2D eigenvalue weighted by Crippen LogP contribution is -2.44. The number of hydrogen-bond donors (Lipinski definition) is 2. The third-order valence-electron chi connectivity index (χ3n) is 4.96. The molecule has 156 valence electrons. The van der Waals surface area contributed by atoms with Crippen LogP contribution in [0.15, 0.2) is 23.3 Å². The highest BCUT2D eigenvalue weighted by atomic mass is 19.1. The van der Waals surface area contributed by atoms with Crippen molar-refractivity contribution in [2.45, 2.75) is 44.8 Å². The Morgan fingerprint density at radius 2 is 2.39 bits per heavy atom. The van der Waals surface area contributed by atoms with Crippen LogP contribution < -0.4 is 15.5 Å². The summed E-state index contributed by atoms with van der Waals surface area (Å²) in [6.07, 6.45) is 5.95. The SMILES string of the molecule is CCNC(=NCCCOCC1CCCO1)NC1CCN(c2ncccc2F)C1. The van der Waals surface area contributed by atoms with E-state index in [-0.39, 0.29) is 18.0 Å². The molecule has 0 spiro atoms. The van der Waals surface area contributed by atoms with Crippen molar-refractivity contribution in [1.82, 2.24) is 15.6 Å². The van der Waals surface area contributed by atoms with E-state index in [0.29, 0.717) is 32.1 Å². The Hall–Kier alpha value is -1.93. The summed E-state index contributed by atoms with van der Waals surface area (Å²) in [7, 11) is 0. The predicted octanol–water partition coefficient (Wildman–Crippen LogP) is 1.94. The van der Waals surface area contributed by atoms with Crippen LogP contribution in [0.4, 0.5) is 10.2 Å². The second kappa shape index (κ2) is 11.2. The largest absolute Gasteiger partial charge is 0.379 e. The predicted molar refractivity (Wildman–Crippen MR) is 108 cm³/mol. The Morgan fingerprint density at radius 3 is 3.18 bits per heavy atom. The van der Waals surface area contributed by atoms with Crippen LogP contribution in [0.1, 0.15) is 32.6 Å². The monoisotopic (exact) mass is 393 g/mol. The van der Waals surface area contributed by atoms with Crippen LogP contribution in [-0.2, 0) is 9.47 Å². The summed E-state index contributed by atoms with van der Waals surface area (Å²) in [5, 5.41) is 6.74. The normalized spacial score (nSPS) is 22.6. The number of pyridine rings is 1. The van der Waals surface area contributed by atoms with E-state index in [1.165, 1.54) is 6.07 Å². The number of aromatic nitrogens is 1. The van der Waals surface area contributed by atoms with Crippen LogP contribution in [0.2, 0.25) is 0 Å². The van der Waals surface area contributed by atoms with Crippen molar-refractivity contribution in [3.05, 3.63) is 24.1 Å². The molecule has 0 aromatic carbocycles. The third kappa shape index (κ3) is 6.31. The van der Waals surface area contributed by atoms with Crippen molar-refractivity contribution in [3.63, 3.8) is 0 Å². The lowest BCUT2D eigenvalue weighted by Gasteiger charge is -2.20. The van der Waals surface area contributed by atoms with Crippen LogP contribution in [0, 0.1) is 5.82 Å². The average Bonchev–Trinajstić information content (AvgIpc) is 3.37. The Labute approximate surface area is 166 Å². The third-order valence-corrected chi connectivity index (χ3v) is 4.96. The molecular formula is C20H32FN5O2. The van der Waals surface area contributed by atoms with Gasteiger partial charge in [0, 0.05) is 51.6 Å². The van der Waals surface area contributed by atoms with Gasteiger partial charge in [-0.1, -0.05) is 0 Å². The summed E-state index contributed by atoms with van der Waals surface area (Å²) in [5.41, 5.74) is 0. The highest BCUT2D eigenvalue weighted by Gasteiger charge is 2.25. The van der Waals surface area contributed by atoms with E-state index in [0.717, 1.165) is 51.3 Å². The van der Waals surface area contributed by atoms with Gasteiger partial charge in [0.05, 0.1) is 12.7 Å². The van der Waals surface area contributed by atoms with Gasteiger partial charge in [0.25, 0.3) is 0 Å². The molecule has 2 saturated heterocycles. The fourth-order valence-electron chi connectivity index (χ4n) is 3.54. The highest BCUT2D eigenvalue weighted by molar-refractivity contribution is 5.80. The van der Waals surface area contributed by atoms with Gasteiger partial charge in [-0.3, -0.25) is 4.99 Å². The maximum atomic E-state index is 13.9. The molecule has 2 N–H and O–H groups in total. The van der Waals surface area contributed by atoms with Gasteiger partial charge in [0.2, 0.25) is 0 Å². The topological polar surface area (TPSA) is 71.0 Å². The number of nitrogens with zero attached hydrogens (tertiary/aromatic N) is 3. The van der Waals surface area contributed by atoms with E-state index in [1.807, 2.05) is 11.8 Å². The molecule has 0 amide bonds. The minimum absolute atomic E-state index is 0.218. The van der Waals surface area contributed by atoms with Crippen molar-refractivity contribution in [3.8, 4) is 0 Å². The molecule has 1 aromatic heterocycles. The molecule has 0 saturated carbocycles. The molecule has 28 heavy (non-hydrogen) atoms. The lowest BCUT2D eigenvalue weighted by atomic mass is 10.2. The molecular weight excluding hydrogens is 361 g/mol. The number of anilines is 1. The van der Waals surface area contributed by atoms with E-state index < -0.39 is 0 Å². The van der Waals surface area contributed by atoms with Gasteiger partial charge in [-0.05, 0) is 44.7 Å². The minimum Gasteiger partial charge on any atom is -0.379 e. The number of guanidine groups is 1. The molecule has 2 fully saturated rings. The van der Waals surface area contributed by atoms with Crippen molar-refractivity contribution < 1.29 is 13.9 Å². The summed E-state index contributed by atoms with van der Waals surface area (Å²) < 4.78 is 25.2. The van der Waals surface area contributed by atoms with Gasteiger partial charge in [-0.2, -0.15) is 0 Å². The first-order valence-electron chi connectivity index (χ1n) is 10.4. The molecule has 0 aliphatic carbocycles. The molecule has 8 heteroatoms. The molecule has 2 aliphatic heterocycles. The zero-order valence-corrected chi connectivity index (χ0v) is 16.7. The first-order valence-corrected chi connectivity index (χ1v) is 10.4. The molecule has 3 rings (SSSR count). The van der Waals surface area contributed by atoms with Gasteiger partial charge in [-0.25, -0.2) is 9.37 Å². The fraction of sp³-hybridized carbons (Fsp3) is 0.700. The molecule has 2 atom stereocenters. The number of rotatable bonds is 9. The molecule has 2 aliphatic rings. The maximum Gasteiger partial charge on any atom is 0.191 e. The summed E-state index contributed by atoms with van der Waals surface area (Å²) >= 11 is 0. The quantitative estimate of drug-likeness (QED) is 0.380. The average molecular weight is 394 g/mol. The summed E-state index contributed by atoms with van der Waals surface area (Å²) in [6, 6.07) is 3.29. The van der Waals surface area contributed by atoms with E-state index in [4.69, 9.17) is 9.47 Å². The van der Waals surface area contributed by atoms with Gasteiger partial charge in [0.1, 0.15) is 0 Å². The molecule has 3 heterocycles. The number of halogens is 1. The van der Waals surface area contributed by atoms with E-state index in [2.05, 4.69) is 20.6 Å². The van der Waals surface area contributed by atoms with Gasteiger partial charge in [0.15, 0.2) is 17.6 Å². The van der Waals surface area contributed by atoms with E-state index in [9.17, 15) is 4.39 Å². The first-order chi connectivity index (χ1) is 13.8. The van der Waals surface area contributed by atoms with Crippen molar-refractivity contribution in [1.29, 1.82) is 0 Å². The Morgan fingerprint density at radius 1 is 1.46 bits per heavy atom. The Bertz CT molecular complexity index is 624. The van der Waals surface area contributed by atoms with Crippen molar-refractivity contribution in [2.24, 2.45) is 4.99 Å². The van der Waals surface area contributed by atoms with Crippen LogP contribution in [-0.4, -0.2) is 69.1 Å². The van der Waals surface area contributed by atoms with E-state index in [1.54, 1.807) is 12.3 Å². The smallest absolute Gasteiger partial charge is 0.191 e. The van der Waals surface area contributed by atoms with Crippen molar-refractivity contribution in [2.75, 3.05) is 50.9 Å². The van der Waals surface area contributed by atoms with Gasteiger partial charge >= 0.3 is 0 Å². The van der Waals surface area contributed by atoms with Gasteiger partial charge in [-0.15, -0.1) is 0 Å². The summed E-state index contributed by atoms with van der Waals surface area (Å²) in [6.45, 7) is 7.28. The fourth-order valence-corrected chi connectivity index (χ4v) is 3.54. The minimum atomic E-state index is -0.272. The zero-order valence-electron chi connectivity index (χ0n) is 16.7. The van der Waals surface area contributed by atoms with Crippen LogP contribution in [0.25, 0.3) is 0 Å². The molecule has 0 radical (unpaired) electrons. The summed E-state index contributed by atoms with van der Waals surface area (Å²) in [4.78, 5) is 10.8. The van der Waals surface area contributed by atoms with Crippen LogP contribution in [0.5, 0.6) is 0 Å². The molecule has 1 aromatic rings. The molecule has 7 nitrogen and oxygen atoms in total. The molecule has 2 unspecified atom stereocenters. The first kappa shape index (κ1) is 20.8.